The van der Waals surface area contributed by atoms with E-state index in [1.165, 1.54) is 30.7 Å². The molecule has 0 spiro atoms. The van der Waals surface area contributed by atoms with Crippen LogP contribution in [0.2, 0.25) is 0 Å². The molecule has 0 aromatic carbocycles. The highest BCUT2D eigenvalue weighted by atomic mass is 16.5. The van der Waals surface area contributed by atoms with Gasteiger partial charge in [0.2, 0.25) is 11.4 Å². The molecule has 1 N–H and O–H groups in total. The zero-order valence-corrected chi connectivity index (χ0v) is 15.3. The first-order chi connectivity index (χ1) is 13.2. The number of nitrogens with zero attached hydrogens (tertiary/aromatic N) is 3. The van der Waals surface area contributed by atoms with E-state index in [2.05, 4.69) is 15.2 Å². The number of nitrogens with one attached hydrogen (secondary N) is 1. The Morgan fingerprint density at radius 2 is 2.00 bits per heavy atom. The van der Waals surface area contributed by atoms with Gasteiger partial charge in [-0.3, -0.25) is 9.59 Å². The SMILES string of the molecule is O=C(c1ccc(=O)[nH]c1)N1CCC(COc2cc3c(nn2)CCCC3)CC1. The lowest BCUT2D eigenvalue weighted by atomic mass is 9.96. The van der Waals surface area contributed by atoms with Crippen molar-refractivity contribution in [3.63, 3.8) is 0 Å². The van der Waals surface area contributed by atoms with Gasteiger partial charge in [0.1, 0.15) is 0 Å². The number of pyridine rings is 1. The van der Waals surface area contributed by atoms with Crippen LogP contribution in [0.15, 0.2) is 29.2 Å². The minimum absolute atomic E-state index is 0.0360. The van der Waals surface area contributed by atoms with Crippen LogP contribution < -0.4 is 10.3 Å². The van der Waals surface area contributed by atoms with Crippen molar-refractivity contribution in [1.29, 1.82) is 0 Å². The highest BCUT2D eigenvalue weighted by Gasteiger charge is 2.24. The van der Waals surface area contributed by atoms with E-state index in [0.29, 0.717) is 37.1 Å². The van der Waals surface area contributed by atoms with Crippen molar-refractivity contribution in [3.8, 4) is 5.88 Å². The third-order valence-corrected chi connectivity index (χ3v) is 5.45. The van der Waals surface area contributed by atoms with Gasteiger partial charge in [-0.05, 0) is 56.1 Å². The van der Waals surface area contributed by atoms with Gasteiger partial charge in [-0.1, -0.05) is 0 Å². The van der Waals surface area contributed by atoms with Gasteiger partial charge in [-0.25, -0.2) is 0 Å². The molecule has 1 fully saturated rings. The molecule has 1 aliphatic heterocycles. The van der Waals surface area contributed by atoms with Crippen LogP contribution in [0, 0.1) is 5.92 Å². The predicted molar refractivity (Wildman–Crippen MR) is 99.9 cm³/mol. The van der Waals surface area contributed by atoms with Crippen LogP contribution in [0.4, 0.5) is 0 Å². The van der Waals surface area contributed by atoms with E-state index in [9.17, 15) is 9.59 Å². The summed E-state index contributed by atoms with van der Waals surface area (Å²) >= 11 is 0. The summed E-state index contributed by atoms with van der Waals surface area (Å²) in [7, 11) is 0. The van der Waals surface area contributed by atoms with Gasteiger partial charge in [0.15, 0.2) is 0 Å². The Morgan fingerprint density at radius 3 is 2.78 bits per heavy atom. The number of aromatic nitrogens is 3. The maximum Gasteiger partial charge on any atom is 0.255 e. The minimum atomic E-state index is -0.201. The zero-order valence-electron chi connectivity index (χ0n) is 15.3. The quantitative estimate of drug-likeness (QED) is 0.891. The molecule has 4 rings (SSSR count). The first-order valence-electron chi connectivity index (χ1n) is 9.65. The largest absolute Gasteiger partial charge is 0.476 e. The predicted octanol–water partition coefficient (Wildman–Crippen LogP) is 1.97. The molecule has 2 aliphatic rings. The molecular formula is C20H24N4O3. The molecule has 0 saturated carbocycles. The van der Waals surface area contributed by atoms with Crippen LogP contribution in [-0.4, -0.2) is 45.7 Å². The topological polar surface area (TPSA) is 88.2 Å². The second-order valence-electron chi connectivity index (χ2n) is 7.35. The highest BCUT2D eigenvalue weighted by Crippen LogP contribution is 2.23. The first-order valence-corrected chi connectivity index (χ1v) is 9.65. The number of likely N-dealkylation sites (tertiary alicyclic amines) is 1. The summed E-state index contributed by atoms with van der Waals surface area (Å²) in [5.74, 6) is 0.982. The number of aromatic amines is 1. The van der Waals surface area contributed by atoms with Crippen molar-refractivity contribution in [3.05, 3.63) is 51.6 Å². The summed E-state index contributed by atoms with van der Waals surface area (Å²) in [6.45, 7) is 2.00. The molecule has 1 amide bonds. The molecule has 1 saturated heterocycles. The molecule has 0 atom stereocenters. The Balaban J connectivity index is 1.27. The number of amides is 1. The summed E-state index contributed by atoms with van der Waals surface area (Å²) in [5.41, 5.74) is 2.71. The Kier molecular flexibility index (Phi) is 5.18. The van der Waals surface area contributed by atoms with E-state index in [4.69, 9.17) is 4.74 Å². The normalized spacial score (nSPS) is 17.4. The summed E-state index contributed by atoms with van der Waals surface area (Å²) in [6, 6.07) is 4.99. The number of fused-ring (bicyclic) bond motifs is 1. The fraction of sp³-hybridized carbons (Fsp3) is 0.500. The summed E-state index contributed by atoms with van der Waals surface area (Å²) in [5, 5.41) is 8.51. The van der Waals surface area contributed by atoms with Crippen LogP contribution in [0.3, 0.4) is 0 Å². The van der Waals surface area contributed by atoms with Gasteiger partial charge in [0.05, 0.1) is 17.9 Å². The molecule has 27 heavy (non-hydrogen) atoms. The zero-order chi connectivity index (χ0) is 18.6. The van der Waals surface area contributed by atoms with Crippen molar-refractivity contribution in [2.24, 2.45) is 5.92 Å². The number of carbonyl (C=O) groups is 1. The second-order valence-corrected chi connectivity index (χ2v) is 7.35. The van der Waals surface area contributed by atoms with E-state index < -0.39 is 0 Å². The summed E-state index contributed by atoms with van der Waals surface area (Å²) < 4.78 is 5.89. The number of piperidine rings is 1. The molecule has 1 aliphatic carbocycles. The van der Waals surface area contributed by atoms with Gasteiger partial charge in [-0.2, -0.15) is 5.10 Å². The second kappa shape index (κ2) is 7.90. The number of hydrogen-bond donors (Lipinski definition) is 1. The van der Waals surface area contributed by atoms with E-state index in [1.54, 1.807) is 6.07 Å². The number of rotatable bonds is 4. The lowest BCUT2D eigenvalue weighted by Crippen LogP contribution is -2.39. The molecule has 0 bridgehead atoms. The number of H-pyrrole nitrogens is 1. The minimum Gasteiger partial charge on any atom is -0.476 e. The lowest BCUT2D eigenvalue weighted by Gasteiger charge is -2.31. The molecule has 0 unspecified atom stereocenters. The fourth-order valence-electron chi connectivity index (χ4n) is 3.77. The Hall–Kier alpha value is -2.70. The van der Waals surface area contributed by atoms with E-state index >= 15 is 0 Å². The lowest BCUT2D eigenvalue weighted by molar-refractivity contribution is 0.0658. The van der Waals surface area contributed by atoms with E-state index in [-0.39, 0.29) is 11.5 Å². The smallest absolute Gasteiger partial charge is 0.255 e. The van der Waals surface area contributed by atoms with E-state index in [1.807, 2.05) is 11.0 Å². The molecule has 2 aromatic heterocycles. The fourth-order valence-corrected chi connectivity index (χ4v) is 3.77. The standard InChI is InChI=1S/C20H24N4O3/c25-18-6-5-16(12-21-18)20(26)24-9-7-14(8-10-24)13-27-19-11-15-3-1-2-4-17(15)22-23-19/h5-6,11-12,14H,1-4,7-10,13H2,(H,21,25). The van der Waals surface area contributed by atoms with Crippen LogP contribution >= 0.6 is 0 Å². The molecule has 2 aromatic rings. The van der Waals surface area contributed by atoms with Gasteiger partial charge < -0.3 is 14.6 Å². The van der Waals surface area contributed by atoms with Crippen LogP contribution in [0.5, 0.6) is 5.88 Å². The molecule has 7 heteroatoms. The van der Waals surface area contributed by atoms with Crippen LogP contribution in [0.1, 0.15) is 47.3 Å². The Bertz CT molecular complexity index is 851. The number of hydrogen-bond acceptors (Lipinski definition) is 5. The van der Waals surface area contributed by atoms with Crippen molar-refractivity contribution < 1.29 is 9.53 Å². The van der Waals surface area contributed by atoms with Gasteiger partial charge in [0, 0.05) is 31.4 Å². The van der Waals surface area contributed by atoms with Gasteiger partial charge in [-0.15, -0.1) is 5.10 Å². The van der Waals surface area contributed by atoms with Gasteiger partial charge >= 0.3 is 0 Å². The monoisotopic (exact) mass is 368 g/mol. The number of ether oxygens (including phenoxy) is 1. The molecular weight excluding hydrogens is 344 g/mol. The number of carbonyl (C=O) groups excluding carboxylic acids is 1. The maximum atomic E-state index is 12.5. The van der Waals surface area contributed by atoms with Crippen molar-refractivity contribution >= 4 is 5.91 Å². The molecule has 0 radical (unpaired) electrons. The molecule has 3 heterocycles. The third-order valence-electron chi connectivity index (χ3n) is 5.45. The Labute approximate surface area is 157 Å². The van der Waals surface area contributed by atoms with Crippen LogP contribution in [-0.2, 0) is 12.8 Å². The number of aryl methyl sites for hydroxylation is 2. The van der Waals surface area contributed by atoms with Crippen molar-refractivity contribution in [1.82, 2.24) is 20.1 Å². The first kappa shape index (κ1) is 17.7. The summed E-state index contributed by atoms with van der Waals surface area (Å²) in [4.78, 5) is 28.0. The average Bonchev–Trinajstić information content (AvgIpc) is 2.72. The van der Waals surface area contributed by atoms with Crippen molar-refractivity contribution in [2.75, 3.05) is 19.7 Å². The molecule has 142 valence electrons. The maximum absolute atomic E-state index is 12.5. The third kappa shape index (κ3) is 4.18. The Morgan fingerprint density at radius 1 is 1.19 bits per heavy atom. The van der Waals surface area contributed by atoms with Gasteiger partial charge in [0.25, 0.3) is 5.91 Å². The summed E-state index contributed by atoms with van der Waals surface area (Å²) in [6.07, 6.45) is 7.75. The van der Waals surface area contributed by atoms with Crippen molar-refractivity contribution in [2.45, 2.75) is 38.5 Å². The van der Waals surface area contributed by atoms with E-state index in [0.717, 1.165) is 31.4 Å². The molecule has 7 nitrogen and oxygen atoms in total. The van der Waals surface area contributed by atoms with Crippen LogP contribution in [0.25, 0.3) is 0 Å². The average molecular weight is 368 g/mol. The highest BCUT2D eigenvalue weighted by molar-refractivity contribution is 5.93.